The standard InChI is InChI=1S/C60H68F2N12O4/c1-59(2,77)49-12-10-36-25-47(73(53(36)67-49)28-32-6-7-32)55-65-44-24-39(22-42(62)52(44)69(55)4)58(76)72-19-16-35-20-40(64-46(35)31-72)27-60(3,78)50-13-11-37-26-48(74(54(37)68-50)29-33-8-9-33)56-66-43-23-38(21-41(61)51(43)70(56)5)57(75)71-18-15-34-14-17-63-45(34)30-71/h10-13,21-26,32-35,40,45-46,63-64,77-78H,6-9,14-20,27-31H2,1-5H3/t34-,35-,40?,45+,46-,60?/m0/s1. The van der Waals surface area contributed by atoms with Gasteiger partial charge in [-0.3, -0.25) is 9.59 Å². The number of fused-ring (bicyclic) bond motifs is 6. The topological polar surface area (TPSA) is 176 Å². The van der Waals surface area contributed by atoms with Gasteiger partial charge in [0.05, 0.1) is 33.8 Å². The van der Waals surface area contributed by atoms with E-state index in [4.69, 9.17) is 19.9 Å². The van der Waals surface area contributed by atoms with Gasteiger partial charge in [0, 0.05) is 93.4 Å². The highest BCUT2D eigenvalue weighted by atomic mass is 19.1. The zero-order chi connectivity index (χ0) is 53.7. The third-order valence-corrected chi connectivity index (χ3v) is 18.4. The van der Waals surface area contributed by atoms with E-state index >= 15 is 8.78 Å². The van der Waals surface area contributed by atoms with Gasteiger partial charge in [-0.05, 0) is 169 Å². The first-order chi connectivity index (χ1) is 37.4. The van der Waals surface area contributed by atoms with E-state index in [-0.39, 0.29) is 35.5 Å². The van der Waals surface area contributed by atoms with Gasteiger partial charge in [0.2, 0.25) is 0 Å². The molecule has 2 amide bonds. The van der Waals surface area contributed by atoms with Gasteiger partial charge in [0.25, 0.3) is 11.8 Å². The van der Waals surface area contributed by atoms with Crippen LogP contribution in [0.25, 0.3) is 67.2 Å². The van der Waals surface area contributed by atoms with Crippen molar-refractivity contribution in [3.05, 3.63) is 94.8 Å². The monoisotopic (exact) mass is 1060 g/mol. The van der Waals surface area contributed by atoms with Gasteiger partial charge >= 0.3 is 0 Å². The van der Waals surface area contributed by atoms with Crippen molar-refractivity contribution in [2.45, 2.75) is 121 Å². The summed E-state index contributed by atoms with van der Waals surface area (Å²) in [4.78, 5) is 51.9. The third kappa shape index (κ3) is 8.59. The minimum atomic E-state index is -1.30. The molecule has 4 saturated heterocycles. The minimum Gasteiger partial charge on any atom is -0.384 e. The van der Waals surface area contributed by atoms with E-state index in [0.717, 1.165) is 97.9 Å². The molecular formula is C60H68F2N12O4. The van der Waals surface area contributed by atoms with Gasteiger partial charge in [0.1, 0.15) is 45.2 Å². The second-order valence-electron chi connectivity index (χ2n) is 24.7. The number of halogens is 2. The van der Waals surface area contributed by atoms with Gasteiger partial charge in [-0.1, -0.05) is 0 Å². The second-order valence-corrected chi connectivity index (χ2v) is 24.7. The number of hydrogen-bond acceptors (Lipinski definition) is 10. The number of carbonyl (C=O) groups excluding carboxylic acids is 2. The lowest BCUT2D eigenvalue weighted by molar-refractivity contribution is 0.0336. The molecule has 2 unspecified atom stereocenters. The van der Waals surface area contributed by atoms with E-state index in [1.165, 1.54) is 12.1 Å². The number of likely N-dealkylation sites (tertiary alicyclic amines) is 2. The zero-order valence-corrected chi connectivity index (χ0v) is 45.1. The smallest absolute Gasteiger partial charge is 0.254 e. The number of imidazole rings is 2. The van der Waals surface area contributed by atoms with Crippen LogP contribution in [0, 0.1) is 35.3 Å². The van der Waals surface area contributed by atoms with Gasteiger partial charge in [-0.25, -0.2) is 28.7 Å². The summed E-state index contributed by atoms with van der Waals surface area (Å²) in [5.41, 5.74) is 3.87. The number of aromatic nitrogens is 8. The van der Waals surface area contributed by atoms with E-state index in [2.05, 4.69) is 19.8 Å². The molecule has 2 saturated carbocycles. The maximum absolute atomic E-state index is 16.3. The van der Waals surface area contributed by atoms with Crippen molar-refractivity contribution in [1.29, 1.82) is 0 Å². The number of benzene rings is 2. The first-order valence-corrected chi connectivity index (χ1v) is 28.3. The lowest BCUT2D eigenvalue weighted by Crippen LogP contribution is -2.49. The third-order valence-electron chi connectivity index (χ3n) is 18.4. The average Bonchev–Trinajstić information content (AvgIpc) is 4.30. The predicted molar refractivity (Wildman–Crippen MR) is 293 cm³/mol. The van der Waals surface area contributed by atoms with Gasteiger partial charge in [-0.15, -0.1) is 0 Å². The van der Waals surface area contributed by atoms with Crippen molar-refractivity contribution in [1.82, 2.24) is 58.6 Å². The van der Waals surface area contributed by atoms with E-state index in [1.54, 1.807) is 42.2 Å². The van der Waals surface area contributed by atoms with E-state index in [1.807, 2.05) is 60.2 Å². The summed E-state index contributed by atoms with van der Waals surface area (Å²) >= 11 is 0. The van der Waals surface area contributed by atoms with E-state index in [0.29, 0.717) is 113 Å². The van der Waals surface area contributed by atoms with E-state index in [9.17, 15) is 19.8 Å². The number of rotatable bonds is 12. The summed E-state index contributed by atoms with van der Waals surface area (Å²) in [6.07, 6.45) is 8.54. The molecule has 78 heavy (non-hydrogen) atoms. The fraction of sp³-hybridized carbons (Fsp3) is 0.500. The molecule has 6 aliphatic rings. The molecule has 6 fully saturated rings. The van der Waals surface area contributed by atoms with Crippen molar-refractivity contribution < 1.29 is 28.6 Å². The Morgan fingerprint density at radius 1 is 0.641 bits per heavy atom. The quantitative estimate of drug-likeness (QED) is 0.0935. The number of hydrogen-bond donors (Lipinski definition) is 4. The van der Waals surface area contributed by atoms with Crippen LogP contribution >= 0.6 is 0 Å². The number of aryl methyl sites for hydroxylation is 2. The number of pyridine rings is 2. The van der Waals surface area contributed by atoms with Gasteiger partial charge < -0.3 is 48.9 Å². The fourth-order valence-electron chi connectivity index (χ4n) is 13.8. The van der Waals surface area contributed by atoms with Gasteiger partial charge in [0.15, 0.2) is 11.6 Å². The number of aliphatic hydroxyl groups is 2. The minimum absolute atomic E-state index is 0.000285. The maximum atomic E-state index is 16.3. The summed E-state index contributed by atoms with van der Waals surface area (Å²) in [5.74, 6) is 1.61. The summed E-state index contributed by atoms with van der Waals surface area (Å²) < 4.78 is 40.3. The van der Waals surface area contributed by atoms with Crippen LogP contribution in [-0.2, 0) is 38.4 Å². The maximum Gasteiger partial charge on any atom is 0.254 e. The Labute approximate surface area is 450 Å². The Morgan fingerprint density at radius 3 is 1.69 bits per heavy atom. The molecule has 4 N–H and O–H groups in total. The molecule has 2 aliphatic carbocycles. The normalized spacial score (nSPS) is 23.5. The first-order valence-electron chi connectivity index (χ1n) is 28.3. The molecular weight excluding hydrogens is 991 g/mol. The lowest BCUT2D eigenvalue weighted by Gasteiger charge is -2.35. The zero-order valence-electron chi connectivity index (χ0n) is 45.1. The average molecular weight is 1060 g/mol. The van der Waals surface area contributed by atoms with Gasteiger partial charge in [-0.2, -0.15) is 0 Å². The molecule has 406 valence electrons. The number of carbonyl (C=O) groups is 2. The molecule has 4 aliphatic heterocycles. The molecule has 6 atom stereocenters. The molecule has 16 nitrogen and oxygen atoms in total. The summed E-state index contributed by atoms with van der Waals surface area (Å²) in [7, 11) is 3.62. The Bertz CT molecular complexity index is 3760. The number of piperidine rings is 2. The molecule has 14 rings (SSSR count). The van der Waals surface area contributed by atoms with Crippen LogP contribution < -0.4 is 10.6 Å². The van der Waals surface area contributed by atoms with Crippen LogP contribution in [0.4, 0.5) is 8.78 Å². The number of amides is 2. The van der Waals surface area contributed by atoms with Crippen LogP contribution in [0.5, 0.6) is 0 Å². The van der Waals surface area contributed by atoms with Crippen molar-refractivity contribution in [2.75, 3.05) is 32.7 Å². The Balaban J connectivity index is 0.684. The molecule has 10 heterocycles. The highest BCUT2D eigenvalue weighted by molar-refractivity contribution is 5.99. The Hall–Kier alpha value is -6.60. The van der Waals surface area contributed by atoms with E-state index < -0.39 is 22.8 Å². The molecule has 0 bridgehead atoms. The molecule has 2 aromatic carbocycles. The van der Waals surface area contributed by atoms with Crippen molar-refractivity contribution in [2.24, 2.45) is 37.8 Å². The molecule has 8 aromatic rings. The van der Waals surface area contributed by atoms with Crippen LogP contribution in [0.1, 0.15) is 111 Å². The van der Waals surface area contributed by atoms with Crippen LogP contribution in [0.2, 0.25) is 0 Å². The summed E-state index contributed by atoms with van der Waals surface area (Å²) in [6, 6.07) is 18.2. The first kappa shape index (κ1) is 49.7. The molecule has 6 aromatic heterocycles. The lowest BCUT2D eigenvalue weighted by atomic mass is 9.87. The molecule has 0 spiro atoms. The molecule has 0 radical (unpaired) electrons. The SMILES string of the molecule is Cn1c(-c2cc3ccc(C(C)(C)O)nc3n2CC2CC2)nc2cc(C(=O)N3CC[C@H]4CC(CC(C)(O)c5ccc6cc(-c7nc8cc(C(=O)N9CC[C@@H]%10CCN[C@@H]%10C9)cc(F)c8n7C)n(CC7CC7)c6n5)N[C@H]4C3)cc(F)c21. The van der Waals surface area contributed by atoms with Crippen molar-refractivity contribution in [3.8, 4) is 23.0 Å². The number of nitrogens with zero attached hydrogens (tertiary/aromatic N) is 10. The Morgan fingerprint density at radius 2 is 1.15 bits per heavy atom. The molecule has 18 heteroatoms. The van der Waals surface area contributed by atoms with Crippen LogP contribution in [0.15, 0.2) is 60.7 Å². The van der Waals surface area contributed by atoms with Crippen LogP contribution in [0.3, 0.4) is 0 Å². The highest BCUT2D eigenvalue weighted by Crippen LogP contribution is 2.41. The highest BCUT2D eigenvalue weighted by Gasteiger charge is 2.43. The second kappa shape index (κ2) is 18.2. The largest absolute Gasteiger partial charge is 0.384 e. The van der Waals surface area contributed by atoms with Crippen molar-refractivity contribution >= 4 is 55.9 Å². The summed E-state index contributed by atoms with van der Waals surface area (Å²) in [6.45, 7) is 9.96. The predicted octanol–water partition coefficient (Wildman–Crippen LogP) is 8.13. The number of nitrogens with one attached hydrogen (secondary N) is 2. The van der Waals surface area contributed by atoms with Crippen LogP contribution in [-0.4, -0.2) is 121 Å². The van der Waals surface area contributed by atoms with Crippen molar-refractivity contribution in [3.63, 3.8) is 0 Å². The summed E-state index contributed by atoms with van der Waals surface area (Å²) in [5, 5.41) is 32.2. The fourth-order valence-corrected chi connectivity index (χ4v) is 13.8. The Kier molecular flexibility index (Phi) is 11.6.